The van der Waals surface area contributed by atoms with Crippen molar-refractivity contribution in [3.63, 3.8) is 0 Å². The number of amides is 1. The summed E-state index contributed by atoms with van der Waals surface area (Å²) >= 11 is 0. The van der Waals surface area contributed by atoms with Crippen molar-refractivity contribution in [2.24, 2.45) is 0 Å². The standard InChI is InChI=1S/C13H17FN2O2/c1-18-12-5-4-9(7-10(12)14)8-16-11-3-2-6-15-13(11)17/h4-5,7,11,16H,2-3,6,8H2,1H3,(H,15,17). The van der Waals surface area contributed by atoms with Crippen LogP contribution < -0.4 is 15.4 Å². The minimum atomic E-state index is -0.384. The van der Waals surface area contributed by atoms with Crippen LogP contribution in [0.25, 0.3) is 0 Å². The number of halogens is 1. The number of piperidine rings is 1. The molecule has 98 valence electrons. The topological polar surface area (TPSA) is 50.4 Å². The maximum atomic E-state index is 13.5. The fraction of sp³-hybridized carbons (Fsp3) is 0.462. The summed E-state index contributed by atoms with van der Waals surface area (Å²) in [5.41, 5.74) is 0.798. The van der Waals surface area contributed by atoms with Gasteiger partial charge >= 0.3 is 0 Å². The van der Waals surface area contributed by atoms with Crippen molar-refractivity contribution in [2.45, 2.75) is 25.4 Å². The number of nitrogens with one attached hydrogen (secondary N) is 2. The average molecular weight is 252 g/mol. The number of carbonyl (C=O) groups excluding carboxylic acids is 1. The number of carbonyl (C=O) groups is 1. The summed E-state index contributed by atoms with van der Waals surface area (Å²) < 4.78 is 18.3. The third-order valence-corrected chi connectivity index (χ3v) is 3.05. The first-order valence-corrected chi connectivity index (χ1v) is 6.04. The molecule has 4 nitrogen and oxygen atoms in total. The van der Waals surface area contributed by atoms with Gasteiger partial charge in [-0.3, -0.25) is 4.79 Å². The van der Waals surface area contributed by atoms with Crippen LogP contribution in [-0.4, -0.2) is 25.6 Å². The third kappa shape index (κ3) is 2.98. The Morgan fingerprint density at radius 2 is 2.39 bits per heavy atom. The summed E-state index contributed by atoms with van der Waals surface area (Å²) in [5.74, 6) is -0.130. The van der Waals surface area contributed by atoms with Gasteiger partial charge in [-0.25, -0.2) is 4.39 Å². The molecule has 1 aromatic rings. The SMILES string of the molecule is COc1ccc(CNC2CCCNC2=O)cc1F. The second-order valence-corrected chi connectivity index (χ2v) is 4.34. The Kier molecular flexibility index (Phi) is 4.15. The zero-order valence-corrected chi connectivity index (χ0v) is 10.3. The van der Waals surface area contributed by atoms with Gasteiger partial charge in [-0.1, -0.05) is 6.07 Å². The maximum Gasteiger partial charge on any atom is 0.237 e. The molecule has 1 heterocycles. The summed E-state index contributed by atoms with van der Waals surface area (Å²) in [6.07, 6.45) is 1.80. The van der Waals surface area contributed by atoms with Crippen molar-refractivity contribution in [3.05, 3.63) is 29.6 Å². The van der Waals surface area contributed by atoms with Gasteiger partial charge in [0.25, 0.3) is 0 Å². The van der Waals surface area contributed by atoms with Gasteiger partial charge in [-0.05, 0) is 30.5 Å². The van der Waals surface area contributed by atoms with Gasteiger partial charge in [-0.15, -0.1) is 0 Å². The molecule has 0 radical (unpaired) electrons. The second-order valence-electron chi connectivity index (χ2n) is 4.34. The zero-order valence-electron chi connectivity index (χ0n) is 10.3. The number of methoxy groups -OCH3 is 1. The van der Waals surface area contributed by atoms with E-state index in [4.69, 9.17) is 4.74 Å². The van der Waals surface area contributed by atoms with Crippen LogP contribution in [0.4, 0.5) is 4.39 Å². The summed E-state index contributed by atoms with van der Waals surface area (Å²) in [6, 6.07) is 4.62. The van der Waals surface area contributed by atoms with Crippen LogP contribution in [0.2, 0.25) is 0 Å². The Labute approximate surface area is 106 Å². The predicted molar refractivity (Wildman–Crippen MR) is 65.8 cm³/mol. The molecule has 0 saturated carbocycles. The van der Waals surface area contributed by atoms with Gasteiger partial charge in [0, 0.05) is 13.1 Å². The molecule has 2 N–H and O–H groups in total. The smallest absolute Gasteiger partial charge is 0.237 e. The van der Waals surface area contributed by atoms with Crippen LogP contribution >= 0.6 is 0 Å². The Hall–Kier alpha value is -1.62. The van der Waals surface area contributed by atoms with Crippen molar-refractivity contribution in [1.29, 1.82) is 0 Å². The van der Waals surface area contributed by atoms with Gasteiger partial charge < -0.3 is 15.4 Å². The Balaban J connectivity index is 1.93. The molecule has 1 amide bonds. The van der Waals surface area contributed by atoms with E-state index < -0.39 is 0 Å². The molecule has 0 bridgehead atoms. The largest absolute Gasteiger partial charge is 0.494 e. The number of ether oxygens (including phenoxy) is 1. The molecule has 5 heteroatoms. The number of hydrogen-bond acceptors (Lipinski definition) is 3. The minimum absolute atomic E-state index is 0.0234. The highest BCUT2D eigenvalue weighted by Crippen LogP contribution is 2.17. The van der Waals surface area contributed by atoms with Crippen LogP contribution in [-0.2, 0) is 11.3 Å². The summed E-state index contributed by atoms with van der Waals surface area (Å²) in [5, 5.41) is 5.94. The summed E-state index contributed by atoms with van der Waals surface area (Å²) in [7, 11) is 1.43. The lowest BCUT2D eigenvalue weighted by molar-refractivity contribution is -0.124. The monoisotopic (exact) mass is 252 g/mol. The van der Waals surface area contributed by atoms with Gasteiger partial charge in [0.05, 0.1) is 13.2 Å². The summed E-state index contributed by atoms with van der Waals surface area (Å²) in [4.78, 5) is 11.5. The van der Waals surface area contributed by atoms with Crippen LogP contribution in [0.5, 0.6) is 5.75 Å². The first-order chi connectivity index (χ1) is 8.70. The molecule has 18 heavy (non-hydrogen) atoms. The van der Waals surface area contributed by atoms with Crippen LogP contribution in [0.1, 0.15) is 18.4 Å². The molecule has 0 aromatic heterocycles. The van der Waals surface area contributed by atoms with Crippen LogP contribution in [0.15, 0.2) is 18.2 Å². The first-order valence-electron chi connectivity index (χ1n) is 6.04. The van der Waals surface area contributed by atoms with Crippen molar-refractivity contribution >= 4 is 5.91 Å². The number of hydrogen-bond donors (Lipinski definition) is 2. The zero-order chi connectivity index (χ0) is 13.0. The molecule has 1 atom stereocenters. The lowest BCUT2D eigenvalue weighted by Crippen LogP contribution is -2.47. The van der Waals surface area contributed by atoms with Crippen molar-refractivity contribution in [3.8, 4) is 5.75 Å². The molecule has 2 rings (SSSR count). The van der Waals surface area contributed by atoms with E-state index in [1.54, 1.807) is 12.1 Å². The highest BCUT2D eigenvalue weighted by molar-refractivity contribution is 5.82. The van der Waals surface area contributed by atoms with Crippen LogP contribution in [0.3, 0.4) is 0 Å². The second kappa shape index (κ2) is 5.82. The summed E-state index contributed by atoms with van der Waals surface area (Å²) in [6.45, 7) is 1.22. The Bertz CT molecular complexity index is 437. The molecule has 0 aliphatic carbocycles. The predicted octanol–water partition coefficient (Wildman–Crippen LogP) is 1.20. The Morgan fingerprint density at radius 3 is 3.06 bits per heavy atom. The molecular formula is C13H17FN2O2. The maximum absolute atomic E-state index is 13.5. The molecule has 1 aromatic carbocycles. The lowest BCUT2D eigenvalue weighted by atomic mass is 10.1. The van der Waals surface area contributed by atoms with E-state index in [0.29, 0.717) is 6.54 Å². The van der Waals surface area contributed by atoms with E-state index >= 15 is 0 Å². The molecule has 1 aliphatic heterocycles. The van der Waals surface area contributed by atoms with E-state index in [0.717, 1.165) is 24.9 Å². The van der Waals surface area contributed by atoms with Gasteiger partial charge in [0.2, 0.25) is 5.91 Å². The van der Waals surface area contributed by atoms with Gasteiger partial charge in [0.1, 0.15) is 0 Å². The van der Waals surface area contributed by atoms with Crippen molar-refractivity contribution < 1.29 is 13.9 Å². The highest BCUT2D eigenvalue weighted by Gasteiger charge is 2.20. The van der Waals surface area contributed by atoms with Gasteiger partial charge in [0.15, 0.2) is 11.6 Å². The first kappa shape index (κ1) is 12.8. The molecular weight excluding hydrogens is 235 g/mol. The van der Waals surface area contributed by atoms with Crippen molar-refractivity contribution in [2.75, 3.05) is 13.7 Å². The fourth-order valence-electron chi connectivity index (χ4n) is 2.03. The normalized spacial score (nSPS) is 19.4. The lowest BCUT2D eigenvalue weighted by Gasteiger charge is -2.22. The van der Waals surface area contributed by atoms with E-state index in [9.17, 15) is 9.18 Å². The van der Waals surface area contributed by atoms with E-state index in [-0.39, 0.29) is 23.5 Å². The Morgan fingerprint density at radius 1 is 1.56 bits per heavy atom. The van der Waals surface area contributed by atoms with Crippen molar-refractivity contribution in [1.82, 2.24) is 10.6 Å². The molecule has 1 saturated heterocycles. The van der Waals surface area contributed by atoms with Gasteiger partial charge in [-0.2, -0.15) is 0 Å². The highest BCUT2D eigenvalue weighted by atomic mass is 19.1. The molecule has 0 spiro atoms. The van der Waals surface area contributed by atoms with Crippen LogP contribution in [0, 0.1) is 5.82 Å². The molecule has 1 unspecified atom stereocenters. The van der Waals surface area contributed by atoms with E-state index in [2.05, 4.69) is 10.6 Å². The third-order valence-electron chi connectivity index (χ3n) is 3.05. The fourth-order valence-corrected chi connectivity index (χ4v) is 2.03. The average Bonchev–Trinajstić information content (AvgIpc) is 2.38. The van der Waals surface area contributed by atoms with E-state index in [1.807, 2.05) is 0 Å². The molecule has 1 aliphatic rings. The molecule has 1 fully saturated rings. The number of rotatable bonds is 4. The number of benzene rings is 1. The minimum Gasteiger partial charge on any atom is -0.494 e. The quantitative estimate of drug-likeness (QED) is 0.846. The van der Waals surface area contributed by atoms with E-state index in [1.165, 1.54) is 13.2 Å².